The molecule has 0 aliphatic rings. The van der Waals surface area contributed by atoms with E-state index in [2.05, 4.69) is 56.6 Å². The Morgan fingerprint density at radius 2 is 2.16 bits per heavy atom. The summed E-state index contributed by atoms with van der Waals surface area (Å²) in [6.07, 6.45) is 3.36. The Morgan fingerprint density at radius 1 is 1.47 bits per heavy atom. The van der Waals surface area contributed by atoms with Crippen molar-refractivity contribution < 1.29 is 0 Å². The Kier molecular flexibility index (Phi) is 6.63. The average molecular weight is 302 g/mol. The summed E-state index contributed by atoms with van der Waals surface area (Å²) >= 11 is 3.64. The fraction of sp³-hybridized carbons (Fsp3) is 0.786. The lowest BCUT2D eigenvalue weighted by Crippen LogP contribution is -2.35. The molecule has 110 valence electrons. The maximum absolute atomic E-state index is 4.72. The van der Waals surface area contributed by atoms with E-state index in [1.807, 2.05) is 11.8 Å². The highest BCUT2D eigenvalue weighted by Crippen LogP contribution is 2.22. The summed E-state index contributed by atoms with van der Waals surface area (Å²) < 4.78 is 0. The molecule has 5 heteroatoms. The first kappa shape index (κ1) is 16.8. The van der Waals surface area contributed by atoms with Gasteiger partial charge in [-0.3, -0.25) is 0 Å². The minimum absolute atomic E-state index is 0.140. The van der Waals surface area contributed by atoms with Crippen molar-refractivity contribution in [2.24, 2.45) is 0 Å². The Morgan fingerprint density at radius 3 is 2.74 bits per heavy atom. The van der Waals surface area contributed by atoms with Gasteiger partial charge in [0.25, 0.3) is 0 Å². The van der Waals surface area contributed by atoms with Crippen molar-refractivity contribution in [2.75, 3.05) is 24.0 Å². The molecule has 0 saturated carbocycles. The second kappa shape index (κ2) is 7.50. The Labute approximate surface area is 126 Å². The number of hydrogen-bond donors (Lipinski definition) is 1. The van der Waals surface area contributed by atoms with Crippen LogP contribution in [0.15, 0.2) is 5.38 Å². The van der Waals surface area contributed by atoms with Crippen molar-refractivity contribution in [3.63, 3.8) is 0 Å². The zero-order valence-electron chi connectivity index (χ0n) is 13.0. The molecule has 0 fully saturated rings. The van der Waals surface area contributed by atoms with E-state index in [-0.39, 0.29) is 5.54 Å². The summed E-state index contributed by atoms with van der Waals surface area (Å²) in [5.41, 5.74) is 1.28. The molecule has 1 rings (SSSR count). The van der Waals surface area contributed by atoms with E-state index in [0.717, 1.165) is 17.4 Å². The zero-order chi connectivity index (χ0) is 14.5. The van der Waals surface area contributed by atoms with Gasteiger partial charge in [-0.1, -0.05) is 0 Å². The molecule has 0 amide bonds. The fourth-order valence-electron chi connectivity index (χ4n) is 1.57. The van der Waals surface area contributed by atoms with Gasteiger partial charge in [-0.25, -0.2) is 4.98 Å². The third-order valence-corrected chi connectivity index (χ3v) is 4.67. The Bertz CT molecular complexity index is 371. The molecule has 3 nitrogen and oxygen atoms in total. The average Bonchev–Trinajstić information content (AvgIpc) is 2.80. The van der Waals surface area contributed by atoms with Crippen LogP contribution in [0.2, 0.25) is 0 Å². The molecule has 19 heavy (non-hydrogen) atoms. The highest BCUT2D eigenvalue weighted by Gasteiger charge is 2.14. The summed E-state index contributed by atoms with van der Waals surface area (Å²) in [7, 11) is 2.14. The van der Waals surface area contributed by atoms with Gasteiger partial charge in [0, 0.05) is 30.6 Å². The monoisotopic (exact) mass is 301 g/mol. The van der Waals surface area contributed by atoms with Gasteiger partial charge < -0.3 is 10.2 Å². The Balaban J connectivity index is 2.53. The van der Waals surface area contributed by atoms with Crippen LogP contribution in [0, 0.1) is 0 Å². The largest absolute Gasteiger partial charge is 0.348 e. The van der Waals surface area contributed by atoms with Crippen LogP contribution in [0.1, 0.15) is 39.8 Å². The number of nitrogens with one attached hydrogen (secondary N) is 1. The highest BCUT2D eigenvalue weighted by molar-refractivity contribution is 7.98. The molecule has 0 saturated heterocycles. The van der Waals surface area contributed by atoms with Crippen LogP contribution in [-0.2, 0) is 6.54 Å². The van der Waals surface area contributed by atoms with Crippen LogP contribution in [0.25, 0.3) is 0 Å². The molecule has 0 aliphatic heterocycles. The van der Waals surface area contributed by atoms with Gasteiger partial charge >= 0.3 is 0 Å². The summed E-state index contributed by atoms with van der Waals surface area (Å²) in [6, 6.07) is 0.544. The number of rotatable bonds is 7. The van der Waals surface area contributed by atoms with Gasteiger partial charge in [0.2, 0.25) is 0 Å². The molecule has 0 aliphatic carbocycles. The second-order valence-electron chi connectivity index (χ2n) is 5.97. The normalized spacial score (nSPS) is 13.6. The van der Waals surface area contributed by atoms with E-state index in [9.17, 15) is 0 Å². The zero-order valence-corrected chi connectivity index (χ0v) is 14.6. The van der Waals surface area contributed by atoms with Crippen molar-refractivity contribution in [3.05, 3.63) is 11.1 Å². The smallest absolute Gasteiger partial charge is 0.185 e. The molecule has 0 aromatic carbocycles. The van der Waals surface area contributed by atoms with Crippen LogP contribution in [0.4, 0.5) is 5.13 Å². The third kappa shape index (κ3) is 6.15. The molecule has 1 N–H and O–H groups in total. The van der Waals surface area contributed by atoms with E-state index >= 15 is 0 Å². The predicted molar refractivity (Wildman–Crippen MR) is 89.6 cm³/mol. The van der Waals surface area contributed by atoms with E-state index < -0.39 is 0 Å². The summed E-state index contributed by atoms with van der Waals surface area (Å²) in [5.74, 6) is 1.20. The van der Waals surface area contributed by atoms with Crippen molar-refractivity contribution >= 4 is 28.2 Å². The molecule has 1 aromatic rings. The second-order valence-corrected chi connectivity index (χ2v) is 7.79. The number of anilines is 1. The Hall–Kier alpha value is -0.260. The molecule has 1 aromatic heterocycles. The van der Waals surface area contributed by atoms with Crippen molar-refractivity contribution in [2.45, 2.75) is 52.2 Å². The summed E-state index contributed by atoms with van der Waals surface area (Å²) in [6.45, 7) is 9.64. The van der Waals surface area contributed by atoms with Crippen LogP contribution in [-0.4, -0.2) is 35.6 Å². The van der Waals surface area contributed by atoms with E-state index in [0.29, 0.717) is 6.04 Å². The van der Waals surface area contributed by atoms with Gasteiger partial charge in [-0.2, -0.15) is 11.8 Å². The highest BCUT2D eigenvalue weighted by atomic mass is 32.2. The molecular formula is C14H27N3S2. The molecule has 0 bridgehead atoms. The fourth-order valence-corrected chi connectivity index (χ4v) is 3.04. The molecule has 1 heterocycles. The van der Waals surface area contributed by atoms with Crippen molar-refractivity contribution in [1.29, 1.82) is 0 Å². The first-order valence-electron chi connectivity index (χ1n) is 6.74. The number of nitrogens with zero attached hydrogens (tertiary/aromatic N) is 2. The molecule has 1 atom stereocenters. The minimum Gasteiger partial charge on any atom is -0.348 e. The topological polar surface area (TPSA) is 28.2 Å². The van der Waals surface area contributed by atoms with Gasteiger partial charge in [0.15, 0.2) is 5.13 Å². The third-order valence-electron chi connectivity index (χ3n) is 3.04. The summed E-state index contributed by atoms with van der Waals surface area (Å²) in [5, 5.41) is 6.76. The van der Waals surface area contributed by atoms with Crippen LogP contribution >= 0.6 is 23.1 Å². The van der Waals surface area contributed by atoms with E-state index in [4.69, 9.17) is 4.98 Å². The SMILES string of the molecule is CSCCC(C)N(C)c1nc(CNC(C)(C)C)cs1. The van der Waals surface area contributed by atoms with Crippen LogP contribution < -0.4 is 10.2 Å². The molecule has 1 unspecified atom stereocenters. The van der Waals surface area contributed by atoms with Crippen molar-refractivity contribution in [3.8, 4) is 0 Å². The molecule has 0 radical (unpaired) electrons. The molecular weight excluding hydrogens is 274 g/mol. The van der Waals surface area contributed by atoms with Gasteiger partial charge in [0.05, 0.1) is 5.69 Å². The van der Waals surface area contributed by atoms with Gasteiger partial charge in [-0.05, 0) is 46.1 Å². The standard InChI is InChI=1S/C14H27N3S2/c1-11(7-8-18-6)17(5)13-16-12(10-19-13)9-15-14(2,3)4/h10-11,15H,7-9H2,1-6H3. The lowest BCUT2D eigenvalue weighted by Gasteiger charge is -2.24. The summed E-state index contributed by atoms with van der Waals surface area (Å²) in [4.78, 5) is 7.01. The quantitative estimate of drug-likeness (QED) is 0.833. The van der Waals surface area contributed by atoms with Gasteiger partial charge in [0.1, 0.15) is 0 Å². The number of hydrogen-bond acceptors (Lipinski definition) is 5. The first-order valence-corrected chi connectivity index (χ1v) is 9.02. The lowest BCUT2D eigenvalue weighted by atomic mass is 10.1. The lowest BCUT2D eigenvalue weighted by molar-refractivity contribution is 0.422. The number of aromatic nitrogens is 1. The first-order chi connectivity index (χ1) is 8.83. The van der Waals surface area contributed by atoms with E-state index in [1.165, 1.54) is 12.2 Å². The van der Waals surface area contributed by atoms with Crippen LogP contribution in [0.3, 0.4) is 0 Å². The maximum Gasteiger partial charge on any atom is 0.185 e. The van der Waals surface area contributed by atoms with E-state index in [1.54, 1.807) is 11.3 Å². The maximum atomic E-state index is 4.72. The van der Waals surface area contributed by atoms with Crippen molar-refractivity contribution in [1.82, 2.24) is 10.3 Å². The predicted octanol–water partition coefficient (Wildman–Crippen LogP) is 3.61. The van der Waals surface area contributed by atoms with Gasteiger partial charge in [-0.15, -0.1) is 11.3 Å². The number of thioether (sulfide) groups is 1. The molecule has 0 spiro atoms. The minimum atomic E-state index is 0.140. The van der Waals surface area contributed by atoms with Crippen LogP contribution in [0.5, 0.6) is 0 Å². The number of thiazole rings is 1.